The molecule has 13 heteroatoms. The van der Waals surface area contributed by atoms with E-state index in [0.29, 0.717) is 25.8 Å². The van der Waals surface area contributed by atoms with Crippen LogP contribution in [0.5, 0.6) is 0 Å². The molecule has 0 bridgehead atoms. The molecule has 0 spiro atoms. The summed E-state index contributed by atoms with van der Waals surface area (Å²) in [6, 6.07) is 22.3. The van der Waals surface area contributed by atoms with Crippen molar-refractivity contribution in [2.75, 3.05) is 6.54 Å². The van der Waals surface area contributed by atoms with E-state index >= 15 is 0 Å². The summed E-state index contributed by atoms with van der Waals surface area (Å²) in [6.45, 7) is 13.3. The van der Waals surface area contributed by atoms with Gasteiger partial charge in [0.15, 0.2) is 0 Å². The highest BCUT2D eigenvalue weighted by molar-refractivity contribution is 5.91. The summed E-state index contributed by atoms with van der Waals surface area (Å²) in [7, 11) is 0. The van der Waals surface area contributed by atoms with Crippen molar-refractivity contribution in [2.45, 2.75) is 130 Å². The van der Waals surface area contributed by atoms with Crippen LogP contribution in [0.4, 0.5) is 0 Å². The van der Waals surface area contributed by atoms with E-state index in [1.165, 1.54) is 0 Å². The third-order valence-corrected chi connectivity index (χ3v) is 10.6. The first kappa shape index (κ1) is 49.8. The number of nitrogens with one attached hydrogen (secondary N) is 5. The monoisotopic (exact) mass is 841 g/mol. The lowest BCUT2D eigenvalue weighted by molar-refractivity contribution is -0.151. The summed E-state index contributed by atoms with van der Waals surface area (Å²) < 4.78 is 5.52. The van der Waals surface area contributed by atoms with Crippen LogP contribution in [-0.2, 0) is 53.0 Å². The average Bonchev–Trinajstić information content (AvgIpc) is 3.23. The number of rotatable bonds is 25. The maximum absolute atomic E-state index is 13.8. The molecule has 0 radical (unpaired) electrons. The van der Waals surface area contributed by atoms with Crippen molar-refractivity contribution in [3.05, 3.63) is 107 Å². The van der Waals surface area contributed by atoms with Crippen molar-refractivity contribution < 1.29 is 38.6 Å². The summed E-state index contributed by atoms with van der Waals surface area (Å²) in [6.07, 6.45) is 0.422. The SMILES string of the molecule is CC[C@H](C)[C@H](NC(=O)C[C@H](O)[C@H](Cc1ccccc1)NC(=O)[C@@H](NC(=O)CCCCNC(=O)Cc1ccc(C)cc1)C(C)C)C(=O)N[C@H](C(=O)OCc1ccccc1)C(C)C. The van der Waals surface area contributed by atoms with Gasteiger partial charge in [-0.05, 0) is 60.6 Å². The molecule has 0 aliphatic rings. The van der Waals surface area contributed by atoms with Crippen molar-refractivity contribution >= 4 is 35.5 Å². The topological polar surface area (TPSA) is 192 Å². The van der Waals surface area contributed by atoms with Crippen LogP contribution >= 0.6 is 0 Å². The van der Waals surface area contributed by atoms with Gasteiger partial charge in [-0.15, -0.1) is 0 Å². The van der Waals surface area contributed by atoms with Gasteiger partial charge in [0.25, 0.3) is 0 Å². The van der Waals surface area contributed by atoms with Gasteiger partial charge in [0.2, 0.25) is 29.5 Å². The zero-order valence-corrected chi connectivity index (χ0v) is 36.9. The minimum atomic E-state index is -1.37. The molecular weight excluding hydrogens is 775 g/mol. The lowest BCUT2D eigenvalue weighted by atomic mass is 9.95. The Morgan fingerprint density at radius 2 is 1.20 bits per heavy atom. The Kier molecular flexibility index (Phi) is 21.2. The summed E-state index contributed by atoms with van der Waals surface area (Å²) in [5.41, 5.74) is 3.66. The lowest BCUT2D eigenvalue weighted by Gasteiger charge is -2.30. The van der Waals surface area contributed by atoms with Crippen molar-refractivity contribution in [2.24, 2.45) is 17.8 Å². The van der Waals surface area contributed by atoms with Crippen molar-refractivity contribution in [3.63, 3.8) is 0 Å². The Morgan fingerprint density at radius 3 is 1.79 bits per heavy atom. The molecule has 5 amide bonds. The Morgan fingerprint density at radius 1 is 0.623 bits per heavy atom. The maximum atomic E-state index is 13.8. The van der Waals surface area contributed by atoms with Crippen LogP contribution in [0, 0.1) is 24.7 Å². The number of hydrogen-bond donors (Lipinski definition) is 6. The number of carbonyl (C=O) groups excluding carboxylic acids is 6. The number of hydrogen-bond acceptors (Lipinski definition) is 8. The van der Waals surface area contributed by atoms with E-state index in [4.69, 9.17) is 4.74 Å². The van der Waals surface area contributed by atoms with Gasteiger partial charge in [0, 0.05) is 13.0 Å². The van der Waals surface area contributed by atoms with E-state index in [2.05, 4.69) is 26.6 Å². The molecule has 6 N–H and O–H groups in total. The molecule has 0 unspecified atom stereocenters. The minimum absolute atomic E-state index is 0.0468. The first-order chi connectivity index (χ1) is 29.1. The second kappa shape index (κ2) is 25.9. The average molecular weight is 842 g/mol. The standard InChI is InChI=1S/C48H67N5O8/c1-8-34(7)45(47(59)53-44(32(4)5)48(60)61-30-37-19-13-10-14-20-37)52-42(57)29-39(54)38(27-35-17-11-9-12-18-35)50-46(58)43(31(2)3)51-40(55)21-15-16-26-49-41(56)28-36-24-22-33(6)23-25-36/h9-14,17-20,22-25,31-32,34,38-39,43-45,54H,8,15-16,21,26-30H2,1-7H3,(H,49,56)(H,50,58)(H,51,55)(H,52,57)(H,53,59)/t34-,38-,39-,43-,44-,45-/m0/s1. The zero-order valence-electron chi connectivity index (χ0n) is 36.9. The summed E-state index contributed by atoms with van der Waals surface area (Å²) in [5.74, 6) is -3.63. The molecule has 0 saturated carbocycles. The summed E-state index contributed by atoms with van der Waals surface area (Å²) >= 11 is 0. The normalized spacial score (nSPS) is 14.1. The third kappa shape index (κ3) is 17.9. The van der Waals surface area contributed by atoms with Gasteiger partial charge >= 0.3 is 5.97 Å². The predicted octanol–water partition coefficient (Wildman–Crippen LogP) is 4.86. The number of ether oxygens (including phenoxy) is 1. The number of amides is 5. The number of carbonyl (C=O) groups is 6. The molecule has 332 valence electrons. The molecular formula is C48H67N5O8. The van der Waals surface area contributed by atoms with Gasteiger partial charge in [0.05, 0.1) is 25.0 Å². The van der Waals surface area contributed by atoms with Crippen LogP contribution in [-0.4, -0.2) is 77.4 Å². The van der Waals surface area contributed by atoms with E-state index in [1.54, 1.807) is 27.7 Å². The number of aliphatic hydroxyl groups is 1. The molecule has 61 heavy (non-hydrogen) atoms. The van der Waals surface area contributed by atoms with Gasteiger partial charge in [-0.25, -0.2) is 4.79 Å². The Bertz CT molecular complexity index is 1840. The number of unbranched alkanes of at least 4 members (excludes halogenated alkanes) is 1. The van der Waals surface area contributed by atoms with Crippen molar-refractivity contribution in [1.82, 2.24) is 26.6 Å². The Balaban J connectivity index is 1.60. The van der Waals surface area contributed by atoms with Crippen molar-refractivity contribution in [3.8, 4) is 0 Å². The van der Waals surface area contributed by atoms with Crippen LogP contribution in [0.3, 0.4) is 0 Å². The second-order valence-corrected chi connectivity index (χ2v) is 16.6. The van der Waals surface area contributed by atoms with E-state index in [9.17, 15) is 33.9 Å². The highest BCUT2D eigenvalue weighted by Crippen LogP contribution is 2.15. The fourth-order valence-corrected chi connectivity index (χ4v) is 6.62. The van der Waals surface area contributed by atoms with Crippen LogP contribution in [0.25, 0.3) is 0 Å². The maximum Gasteiger partial charge on any atom is 0.329 e. The molecule has 0 saturated heterocycles. The lowest BCUT2D eigenvalue weighted by Crippen LogP contribution is -2.57. The number of aryl methyl sites for hydroxylation is 1. The van der Waals surface area contributed by atoms with E-state index < -0.39 is 60.4 Å². The van der Waals surface area contributed by atoms with Gasteiger partial charge in [-0.2, -0.15) is 0 Å². The van der Waals surface area contributed by atoms with Gasteiger partial charge in [-0.1, -0.05) is 138 Å². The van der Waals surface area contributed by atoms with E-state index in [1.807, 2.05) is 106 Å². The van der Waals surface area contributed by atoms with Crippen molar-refractivity contribution in [1.29, 1.82) is 0 Å². The smallest absolute Gasteiger partial charge is 0.329 e. The molecule has 3 aromatic rings. The fourth-order valence-electron chi connectivity index (χ4n) is 6.62. The third-order valence-electron chi connectivity index (χ3n) is 10.6. The Labute approximate surface area is 361 Å². The zero-order chi connectivity index (χ0) is 44.9. The molecule has 0 aliphatic heterocycles. The number of esters is 1. The quantitative estimate of drug-likeness (QED) is 0.0515. The molecule has 0 fully saturated rings. The first-order valence-corrected chi connectivity index (χ1v) is 21.5. The highest BCUT2D eigenvalue weighted by Gasteiger charge is 2.34. The minimum Gasteiger partial charge on any atom is -0.459 e. The van der Waals surface area contributed by atoms with Gasteiger partial charge in [-0.3, -0.25) is 24.0 Å². The molecule has 0 aliphatic carbocycles. The largest absolute Gasteiger partial charge is 0.459 e. The number of benzene rings is 3. The molecule has 0 aromatic heterocycles. The number of aliphatic hydroxyl groups excluding tert-OH is 1. The fraction of sp³-hybridized carbons (Fsp3) is 0.500. The van der Waals surface area contributed by atoms with Gasteiger partial charge in [0.1, 0.15) is 24.7 Å². The van der Waals surface area contributed by atoms with Crippen LogP contribution in [0.1, 0.15) is 95.9 Å². The Hall–Kier alpha value is -5.56. The van der Waals surface area contributed by atoms with E-state index in [0.717, 1.165) is 22.3 Å². The summed E-state index contributed by atoms with van der Waals surface area (Å²) in [4.78, 5) is 79.5. The molecule has 3 rings (SSSR count). The molecule has 13 nitrogen and oxygen atoms in total. The van der Waals surface area contributed by atoms with Crippen LogP contribution in [0.15, 0.2) is 84.9 Å². The molecule has 0 heterocycles. The van der Waals surface area contributed by atoms with Crippen LogP contribution < -0.4 is 26.6 Å². The van der Waals surface area contributed by atoms with Gasteiger partial charge < -0.3 is 36.4 Å². The first-order valence-electron chi connectivity index (χ1n) is 21.5. The van der Waals surface area contributed by atoms with E-state index in [-0.39, 0.29) is 55.4 Å². The predicted molar refractivity (Wildman–Crippen MR) is 236 cm³/mol. The summed E-state index contributed by atoms with van der Waals surface area (Å²) in [5, 5.41) is 25.7. The highest BCUT2D eigenvalue weighted by atomic mass is 16.5. The van der Waals surface area contributed by atoms with Crippen LogP contribution in [0.2, 0.25) is 0 Å². The molecule has 3 aromatic carbocycles. The second-order valence-electron chi connectivity index (χ2n) is 16.6. The molecule has 6 atom stereocenters.